The van der Waals surface area contributed by atoms with Gasteiger partial charge in [0, 0.05) is 43.6 Å². The Kier molecular flexibility index (Phi) is 4.72. The van der Waals surface area contributed by atoms with E-state index < -0.39 is 5.82 Å². The molecule has 0 saturated carbocycles. The molecule has 1 aliphatic rings. The second-order valence-electron chi connectivity index (χ2n) is 6.37. The first-order valence-electron chi connectivity index (χ1n) is 8.58. The molecule has 1 aromatic carbocycles. The molecule has 1 fully saturated rings. The highest BCUT2D eigenvalue weighted by Gasteiger charge is 2.23. The summed E-state index contributed by atoms with van der Waals surface area (Å²) in [5.41, 5.74) is 1.95. The van der Waals surface area contributed by atoms with E-state index in [2.05, 4.69) is 10.3 Å². The summed E-state index contributed by atoms with van der Waals surface area (Å²) in [6, 6.07) is 6.28. The highest BCUT2D eigenvalue weighted by atomic mass is 35.5. The standard InChI is InChI=1S/C19H18ClFN4O2/c1-24-5-4-13-17(24)14(19(26)25-6-8-27-9-7-25)11-22-18(13)23-12-2-3-16(21)15(20)10-12/h2-5,10-11H,6-9H2,1H3,(H,22,23). The van der Waals surface area contributed by atoms with Crippen LogP contribution in [0.4, 0.5) is 15.9 Å². The van der Waals surface area contributed by atoms with Crippen LogP contribution in [0.3, 0.4) is 0 Å². The number of anilines is 2. The molecule has 6 nitrogen and oxygen atoms in total. The average molecular weight is 389 g/mol. The normalized spacial score (nSPS) is 14.6. The van der Waals surface area contributed by atoms with Crippen molar-refractivity contribution < 1.29 is 13.9 Å². The van der Waals surface area contributed by atoms with Crippen LogP contribution in [0, 0.1) is 5.82 Å². The number of ether oxygens (including phenoxy) is 1. The predicted octanol–water partition coefficient (Wildman–Crippen LogP) is 3.58. The molecule has 0 aliphatic carbocycles. The monoisotopic (exact) mass is 388 g/mol. The molecule has 8 heteroatoms. The summed E-state index contributed by atoms with van der Waals surface area (Å²) in [6.07, 6.45) is 3.46. The van der Waals surface area contributed by atoms with Crippen LogP contribution >= 0.6 is 11.6 Å². The third-order valence-electron chi connectivity index (χ3n) is 4.62. The van der Waals surface area contributed by atoms with Gasteiger partial charge in [-0.3, -0.25) is 4.79 Å². The Morgan fingerprint density at radius 2 is 2.07 bits per heavy atom. The number of carbonyl (C=O) groups excluding carboxylic acids is 1. The zero-order valence-electron chi connectivity index (χ0n) is 14.7. The van der Waals surface area contributed by atoms with Crippen molar-refractivity contribution in [1.82, 2.24) is 14.5 Å². The van der Waals surface area contributed by atoms with Crippen molar-refractivity contribution in [2.45, 2.75) is 0 Å². The molecule has 0 radical (unpaired) electrons. The molecule has 140 valence electrons. The maximum atomic E-state index is 13.4. The SMILES string of the molecule is Cn1ccc2c(Nc3ccc(F)c(Cl)c3)ncc(C(=O)N3CCOCC3)c21. The van der Waals surface area contributed by atoms with E-state index in [1.165, 1.54) is 12.1 Å². The van der Waals surface area contributed by atoms with Gasteiger partial charge in [0.05, 0.1) is 29.3 Å². The van der Waals surface area contributed by atoms with E-state index in [-0.39, 0.29) is 10.9 Å². The van der Waals surface area contributed by atoms with Crippen molar-refractivity contribution >= 4 is 39.9 Å². The molecule has 0 unspecified atom stereocenters. The van der Waals surface area contributed by atoms with Gasteiger partial charge in [0.25, 0.3) is 5.91 Å². The van der Waals surface area contributed by atoms with Crippen LogP contribution in [0.5, 0.6) is 0 Å². The lowest BCUT2D eigenvalue weighted by Gasteiger charge is -2.27. The number of nitrogens with one attached hydrogen (secondary N) is 1. The van der Waals surface area contributed by atoms with Crippen LogP contribution in [0.2, 0.25) is 5.02 Å². The van der Waals surface area contributed by atoms with E-state index in [1.807, 2.05) is 23.9 Å². The van der Waals surface area contributed by atoms with E-state index in [0.717, 1.165) is 10.9 Å². The van der Waals surface area contributed by atoms with Crippen LogP contribution < -0.4 is 5.32 Å². The summed E-state index contributed by atoms with van der Waals surface area (Å²) in [5, 5.41) is 3.99. The van der Waals surface area contributed by atoms with Crippen molar-refractivity contribution in [3.63, 3.8) is 0 Å². The molecule has 4 rings (SSSR count). The molecule has 1 N–H and O–H groups in total. The lowest BCUT2D eigenvalue weighted by molar-refractivity contribution is 0.0303. The Morgan fingerprint density at radius 3 is 2.81 bits per heavy atom. The van der Waals surface area contributed by atoms with Gasteiger partial charge in [-0.25, -0.2) is 9.37 Å². The number of aryl methyl sites for hydroxylation is 1. The Balaban J connectivity index is 1.72. The zero-order valence-corrected chi connectivity index (χ0v) is 15.5. The molecule has 27 heavy (non-hydrogen) atoms. The Hall–Kier alpha value is -2.64. The highest BCUT2D eigenvalue weighted by Crippen LogP contribution is 2.29. The van der Waals surface area contributed by atoms with Gasteiger partial charge in [0.15, 0.2) is 0 Å². The molecule has 3 aromatic rings. The van der Waals surface area contributed by atoms with Gasteiger partial charge in [-0.1, -0.05) is 11.6 Å². The quantitative estimate of drug-likeness (QED) is 0.745. The maximum Gasteiger partial charge on any atom is 0.257 e. The first-order valence-corrected chi connectivity index (χ1v) is 8.95. The summed E-state index contributed by atoms with van der Waals surface area (Å²) in [7, 11) is 1.89. The second-order valence-corrected chi connectivity index (χ2v) is 6.78. The summed E-state index contributed by atoms with van der Waals surface area (Å²) in [5.74, 6) is 0.0345. The number of morpholine rings is 1. The van der Waals surface area contributed by atoms with Gasteiger partial charge in [-0.2, -0.15) is 0 Å². The molecule has 3 heterocycles. The van der Waals surface area contributed by atoms with Crippen LogP contribution in [0.1, 0.15) is 10.4 Å². The summed E-state index contributed by atoms with van der Waals surface area (Å²) >= 11 is 5.86. The third kappa shape index (κ3) is 3.36. The first-order chi connectivity index (χ1) is 13.0. The number of hydrogen-bond acceptors (Lipinski definition) is 4. The van der Waals surface area contributed by atoms with E-state index in [1.54, 1.807) is 17.2 Å². The molecular formula is C19H18ClFN4O2. The lowest BCUT2D eigenvalue weighted by atomic mass is 10.1. The van der Waals surface area contributed by atoms with Crippen LogP contribution in [0.25, 0.3) is 10.9 Å². The van der Waals surface area contributed by atoms with Crippen molar-refractivity contribution in [2.24, 2.45) is 7.05 Å². The van der Waals surface area contributed by atoms with Crippen molar-refractivity contribution in [2.75, 3.05) is 31.6 Å². The highest BCUT2D eigenvalue weighted by molar-refractivity contribution is 6.31. The minimum Gasteiger partial charge on any atom is -0.378 e. The second kappa shape index (κ2) is 7.17. The van der Waals surface area contributed by atoms with Gasteiger partial charge in [0.2, 0.25) is 0 Å². The number of fused-ring (bicyclic) bond motifs is 1. The number of benzene rings is 1. The molecule has 0 spiro atoms. The number of aromatic nitrogens is 2. The number of pyridine rings is 1. The Labute approximate surface area is 160 Å². The fourth-order valence-corrected chi connectivity index (χ4v) is 3.40. The molecule has 1 amide bonds. The van der Waals surface area contributed by atoms with E-state index in [4.69, 9.17) is 16.3 Å². The Bertz CT molecular complexity index is 1010. The minimum absolute atomic E-state index is 0.0309. The zero-order chi connectivity index (χ0) is 19.0. The van der Waals surface area contributed by atoms with Gasteiger partial charge >= 0.3 is 0 Å². The van der Waals surface area contributed by atoms with Crippen LogP contribution in [0.15, 0.2) is 36.7 Å². The molecule has 1 saturated heterocycles. The number of hydrogen-bond donors (Lipinski definition) is 1. The average Bonchev–Trinajstić information content (AvgIpc) is 3.08. The van der Waals surface area contributed by atoms with Gasteiger partial charge in [-0.15, -0.1) is 0 Å². The largest absolute Gasteiger partial charge is 0.378 e. The summed E-state index contributed by atoms with van der Waals surface area (Å²) in [6.45, 7) is 2.22. The Morgan fingerprint density at radius 1 is 1.30 bits per heavy atom. The van der Waals surface area contributed by atoms with E-state index >= 15 is 0 Å². The lowest BCUT2D eigenvalue weighted by Crippen LogP contribution is -2.40. The maximum absolute atomic E-state index is 13.4. The fourth-order valence-electron chi connectivity index (χ4n) is 3.22. The smallest absolute Gasteiger partial charge is 0.257 e. The third-order valence-corrected chi connectivity index (χ3v) is 4.91. The van der Waals surface area contributed by atoms with E-state index in [0.29, 0.717) is 43.4 Å². The predicted molar refractivity (Wildman–Crippen MR) is 102 cm³/mol. The number of rotatable bonds is 3. The summed E-state index contributed by atoms with van der Waals surface area (Å²) in [4.78, 5) is 19.2. The number of amides is 1. The molecule has 0 atom stereocenters. The van der Waals surface area contributed by atoms with Gasteiger partial charge in [0.1, 0.15) is 11.6 Å². The van der Waals surface area contributed by atoms with Crippen molar-refractivity contribution in [1.29, 1.82) is 0 Å². The molecule has 1 aliphatic heterocycles. The summed E-state index contributed by atoms with van der Waals surface area (Å²) < 4.78 is 20.6. The van der Waals surface area contributed by atoms with Crippen LogP contribution in [-0.4, -0.2) is 46.7 Å². The first kappa shape index (κ1) is 17.8. The minimum atomic E-state index is -0.480. The number of carbonyl (C=O) groups is 1. The molecule has 0 bridgehead atoms. The van der Waals surface area contributed by atoms with Crippen molar-refractivity contribution in [3.05, 3.63) is 53.1 Å². The fraction of sp³-hybridized carbons (Fsp3) is 0.263. The molecule has 2 aromatic heterocycles. The van der Waals surface area contributed by atoms with Crippen LogP contribution in [-0.2, 0) is 11.8 Å². The van der Waals surface area contributed by atoms with Gasteiger partial charge < -0.3 is 19.5 Å². The number of nitrogens with zero attached hydrogens (tertiary/aromatic N) is 3. The topological polar surface area (TPSA) is 59.4 Å². The van der Waals surface area contributed by atoms with E-state index in [9.17, 15) is 9.18 Å². The van der Waals surface area contributed by atoms with Crippen molar-refractivity contribution in [3.8, 4) is 0 Å². The number of halogens is 2. The molecular weight excluding hydrogens is 371 g/mol. The van der Waals surface area contributed by atoms with Gasteiger partial charge in [-0.05, 0) is 24.3 Å².